The third-order valence-electron chi connectivity index (χ3n) is 15.8. The van der Waals surface area contributed by atoms with Crippen LogP contribution in [-0.2, 0) is 18.3 Å². The average molecular weight is 828 g/mol. The van der Waals surface area contributed by atoms with E-state index in [2.05, 4.69) is 152 Å². The monoisotopic (exact) mass is 827 g/mol. The Morgan fingerprint density at radius 2 is 1.57 bits per heavy atom. The van der Waals surface area contributed by atoms with Gasteiger partial charge in [0, 0.05) is 40.7 Å². The van der Waals surface area contributed by atoms with Crippen molar-refractivity contribution in [2.45, 2.75) is 107 Å². The van der Waals surface area contributed by atoms with Crippen LogP contribution in [0.1, 0.15) is 111 Å². The minimum atomic E-state index is -0.0732. The van der Waals surface area contributed by atoms with Gasteiger partial charge in [0.1, 0.15) is 17.2 Å². The highest BCUT2D eigenvalue weighted by Crippen LogP contribution is 2.57. The third-order valence-corrected chi connectivity index (χ3v) is 15.8. The molecule has 0 saturated carbocycles. The summed E-state index contributed by atoms with van der Waals surface area (Å²) in [6.07, 6.45) is 48.9. The molecule has 0 spiro atoms. The first-order valence-electron chi connectivity index (χ1n) is 23.9. The van der Waals surface area contributed by atoms with Crippen LogP contribution in [0.15, 0.2) is 149 Å². The van der Waals surface area contributed by atoms with E-state index in [0.29, 0.717) is 23.8 Å². The zero-order chi connectivity index (χ0) is 41.9. The van der Waals surface area contributed by atoms with Crippen LogP contribution in [0.2, 0.25) is 0 Å². The Hall–Kier alpha value is -5.88. The summed E-state index contributed by atoms with van der Waals surface area (Å²) in [7, 11) is 0. The molecule has 8 aliphatic rings. The Balaban J connectivity index is 0.961. The summed E-state index contributed by atoms with van der Waals surface area (Å²) in [4.78, 5) is 24.5. The van der Waals surface area contributed by atoms with Gasteiger partial charge in [-0.3, -0.25) is 4.99 Å². The van der Waals surface area contributed by atoms with Crippen molar-refractivity contribution in [1.82, 2.24) is 15.0 Å². The van der Waals surface area contributed by atoms with Gasteiger partial charge in [-0.25, -0.2) is 15.0 Å². The molecular weight excluding hydrogens is 771 g/mol. The number of nitrogens with zero attached hydrogens (tertiary/aromatic N) is 5. The number of para-hydroxylation sites is 1. The van der Waals surface area contributed by atoms with Crippen LogP contribution < -0.4 is 4.90 Å². The number of aryl methyl sites for hydroxylation is 1. The Morgan fingerprint density at radius 1 is 0.746 bits per heavy atom. The number of allylic oxidation sites excluding steroid dienone is 16. The van der Waals surface area contributed by atoms with Crippen molar-refractivity contribution in [2.24, 2.45) is 28.7 Å². The summed E-state index contributed by atoms with van der Waals surface area (Å²) in [5.41, 5.74) is 10.2. The molecule has 0 amide bonds. The third kappa shape index (κ3) is 6.83. The van der Waals surface area contributed by atoms with Gasteiger partial charge in [-0.2, -0.15) is 0 Å². The Bertz CT molecular complexity index is 2720. The maximum atomic E-state index is 6.89. The molecule has 63 heavy (non-hydrogen) atoms. The fraction of sp³-hybridized carbons (Fsp3) is 0.368. The number of hydrogen-bond acceptors (Lipinski definition) is 6. The van der Waals surface area contributed by atoms with Crippen molar-refractivity contribution in [1.29, 1.82) is 0 Å². The molecule has 0 fully saturated rings. The van der Waals surface area contributed by atoms with Gasteiger partial charge in [0.05, 0.1) is 17.6 Å². The summed E-state index contributed by atoms with van der Waals surface area (Å²) in [5.74, 6) is 5.36. The topological polar surface area (TPSA) is 67.4 Å². The number of rotatable bonds is 7. The zero-order valence-electron chi connectivity index (χ0n) is 36.5. The van der Waals surface area contributed by atoms with Gasteiger partial charge in [0.15, 0.2) is 11.6 Å². The molecule has 0 N–H and O–H groups in total. The molecule has 0 bridgehead atoms. The van der Waals surface area contributed by atoms with Crippen LogP contribution in [0.5, 0.6) is 0 Å². The second kappa shape index (κ2) is 16.0. The lowest BCUT2D eigenvalue weighted by molar-refractivity contribution is 0.328. The number of hydrogen-bond donors (Lipinski definition) is 0. The number of anilines is 2. The largest absolute Gasteiger partial charge is 0.461 e. The molecule has 6 aliphatic carbocycles. The van der Waals surface area contributed by atoms with Gasteiger partial charge < -0.3 is 9.32 Å². The number of aliphatic imine (C=N–C) groups is 1. The maximum absolute atomic E-state index is 6.89. The number of dihydropyridines is 1. The molecule has 6 heteroatoms. The summed E-state index contributed by atoms with van der Waals surface area (Å²) >= 11 is 0. The number of furan rings is 1. The molecule has 6 nitrogen and oxygen atoms in total. The fourth-order valence-electron chi connectivity index (χ4n) is 12.4. The van der Waals surface area contributed by atoms with E-state index < -0.39 is 0 Å². The minimum absolute atomic E-state index is 0.0111. The minimum Gasteiger partial charge on any atom is -0.461 e. The van der Waals surface area contributed by atoms with E-state index in [9.17, 15) is 0 Å². The van der Waals surface area contributed by atoms with Crippen LogP contribution in [0.3, 0.4) is 0 Å². The predicted octanol–water partition coefficient (Wildman–Crippen LogP) is 13.2. The van der Waals surface area contributed by atoms with Gasteiger partial charge in [-0.05, 0) is 135 Å². The van der Waals surface area contributed by atoms with Crippen molar-refractivity contribution in [3.05, 3.63) is 174 Å². The predicted molar refractivity (Wildman–Crippen MR) is 257 cm³/mol. The molecule has 0 radical (unpaired) electrons. The van der Waals surface area contributed by atoms with Crippen LogP contribution >= 0.6 is 0 Å². The molecule has 316 valence electrons. The number of fused-ring (bicyclic) bond motifs is 7. The van der Waals surface area contributed by atoms with Gasteiger partial charge in [-0.1, -0.05) is 122 Å². The second-order valence-corrected chi connectivity index (χ2v) is 19.5. The Kier molecular flexibility index (Phi) is 9.87. The Labute approximate surface area is 372 Å². The first-order valence-corrected chi connectivity index (χ1v) is 23.9. The van der Waals surface area contributed by atoms with E-state index in [4.69, 9.17) is 24.4 Å². The van der Waals surface area contributed by atoms with E-state index in [0.717, 1.165) is 106 Å². The molecule has 0 saturated heterocycles. The highest BCUT2D eigenvalue weighted by molar-refractivity contribution is 6.01. The molecule has 7 unspecified atom stereocenters. The first-order chi connectivity index (χ1) is 31.1. The SMILES string of the molecule is C[C@@]12CC=CCC1N(c1ccccc1)c1c2ccc2oc3c(c12)CC(C1N=CC(C2CC=CC(C4C=CC=CC4)C2)=CC1c1nc(C2=CC=CCC2)nc(C2=CC=CCC2)n1)CC3. The van der Waals surface area contributed by atoms with Crippen molar-refractivity contribution < 1.29 is 4.42 Å². The second-order valence-electron chi connectivity index (χ2n) is 19.5. The van der Waals surface area contributed by atoms with Crippen molar-refractivity contribution in [3.8, 4) is 0 Å². The molecule has 12 rings (SSSR count). The molecule has 4 aromatic rings. The van der Waals surface area contributed by atoms with Gasteiger partial charge in [0.25, 0.3) is 0 Å². The number of aromatic nitrogens is 3. The van der Waals surface area contributed by atoms with E-state index in [1.165, 1.54) is 44.6 Å². The van der Waals surface area contributed by atoms with Gasteiger partial charge >= 0.3 is 0 Å². The highest BCUT2D eigenvalue weighted by Gasteiger charge is 2.50. The lowest BCUT2D eigenvalue weighted by Gasteiger charge is -2.38. The van der Waals surface area contributed by atoms with Crippen molar-refractivity contribution >= 4 is 39.7 Å². The quantitative estimate of drug-likeness (QED) is 0.174. The first kappa shape index (κ1) is 38.8. The molecule has 2 aromatic heterocycles. The van der Waals surface area contributed by atoms with E-state index in [1.807, 2.05) is 0 Å². The maximum Gasteiger partial charge on any atom is 0.159 e. The summed E-state index contributed by atoms with van der Waals surface area (Å²) in [6.45, 7) is 2.49. The molecule has 2 aromatic carbocycles. The van der Waals surface area contributed by atoms with Crippen molar-refractivity contribution in [3.63, 3.8) is 0 Å². The van der Waals surface area contributed by atoms with Crippen LogP contribution in [0.25, 0.3) is 22.1 Å². The normalized spacial score (nSPS) is 30.5. The smallest absolute Gasteiger partial charge is 0.159 e. The van der Waals surface area contributed by atoms with E-state index >= 15 is 0 Å². The number of benzene rings is 2. The van der Waals surface area contributed by atoms with E-state index in [-0.39, 0.29) is 23.3 Å². The molecule has 2 aliphatic heterocycles. The van der Waals surface area contributed by atoms with Gasteiger partial charge in [0.2, 0.25) is 0 Å². The summed E-state index contributed by atoms with van der Waals surface area (Å²) in [6, 6.07) is 16.1. The Morgan fingerprint density at radius 3 is 2.33 bits per heavy atom. The molecular formula is C57H57N5O. The summed E-state index contributed by atoms with van der Waals surface area (Å²) in [5, 5.41) is 1.31. The average Bonchev–Trinajstić information content (AvgIpc) is 3.87. The highest BCUT2D eigenvalue weighted by atomic mass is 16.3. The lowest BCUT2D eigenvalue weighted by Crippen LogP contribution is -2.41. The van der Waals surface area contributed by atoms with Crippen LogP contribution in [0, 0.1) is 23.7 Å². The summed E-state index contributed by atoms with van der Waals surface area (Å²) < 4.78 is 6.89. The van der Waals surface area contributed by atoms with Crippen LogP contribution in [-0.4, -0.2) is 33.3 Å². The molecule has 8 atom stereocenters. The van der Waals surface area contributed by atoms with E-state index in [1.54, 1.807) is 0 Å². The molecule has 4 heterocycles. The van der Waals surface area contributed by atoms with Gasteiger partial charge in [-0.15, -0.1) is 0 Å². The van der Waals surface area contributed by atoms with Crippen molar-refractivity contribution in [2.75, 3.05) is 4.90 Å². The van der Waals surface area contributed by atoms with Crippen LogP contribution in [0.4, 0.5) is 11.4 Å². The lowest BCUT2D eigenvalue weighted by atomic mass is 9.71. The fourth-order valence-corrected chi connectivity index (χ4v) is 12.4. The zero-order valence-corrected chi connectivity index (χ0v) is 36.5. The standard InChI is InChI=1S/C57H57N5O/c1-57-32-15-14-27-50(57)62(44-25-12-5-13-26-44)53-47(57)29-31-49-51(53)45-34-42(28-30-48(45)63-49)52-46(35-43(36-58-52)41-24-16-23-40(33-41)37-17-6-2-7-18-37)56-60-54(38-19-8-3-9-20-38)59-55(61-56)39-21-10-4-11-22-39/h2-8,10,12-17,19,21,23,25-26,29,31,35-37,40-42,46,50,52H,9,11,18,20,22,24,27-28,30,32-34H2,1H3/t37?,40?,41?,42?,46?,50?,52?,57-/m0/s1.